The van der Waals surface area contributed by atoms with Gasteiger partial charge in [-0.1, -0.05) is 25.5 Å². The highest BCUT2D eigenvalue weighted by Gasteiger charge is 2.49. The van der Waals surface area contributed by atoms with Crippen LogP contribution in [0.5, 0.6) is 0 Å². The van der Waals surface area contributed by atoms with Crippen molar-refractivity contribution in [1.29, 1.82) is 0 Å². The molecular weight excluding hydrogens is 120 g/mol. The zero-order valence-electron chi connectivity index (χ0n) is 6.85. The molecule has 0 spiro atoms. The fourth-order valence-corrected chi connectivity index (χ4v) is 2.48. The first-order valence-corrected chi connectivity index (χ1v) is 4.14. The van der Waals surface area contributed by atoms with Gasteiger partial charge in [-0.05, 0) is 37.0 Å². The Morgan fingerprint density at radius 3 is 2.60 bits per heavy atom. The molecule has 2 bridgehead atoms. The molecule has 0 amide bonds. The lowest BCUT2D eigenvalue weighted by molar-refractivity contribution is -0.00353. The van der Waals surface area contributed by atoms with E-state index in [1.165, 1.54) is 18.4 Å². The van der Waals surface area contributed by atoms with Crippen LogP contribution in [0.25, 0.3) is 0 Å². The van der Waals surface area contributed by atoms with Crippen LogP contribution < -0.4 is 0 Å². The van der Waals surface area contributed by atoms with Gasteiger partial charge in [-0.25, -0.2) is 0 Å². The smallest absolute Gasteiger partial charge is 0.0146 e. The minimum atomic E-state index is 0.575. The van der Waals surface area contributed by atoms with Gasteiger partial charge in [0.15, 0.2) is 0 Å². The molecule has 0 N–H and O–H groups in total. The third-order valence-electron chi connectivity index (χ3n) is 3.58. The van der Waals surface area contributed by atoms with E-state index in [4.69, 9.17) is 0 Å². The van der Waals surface area contributed by atoms with E-state index in [9.17, 15) is 0 Å². The lowest BCUT2D eigenvalue weighted by atomic mass is 9.49. The van der Waals surface area contributed by atoms with Crippen molar-refractivity contribution in [3.8, 4) is 0 Å². The lowest BCUT2D eigenvalue weighted by Crippen LogP contribution is -2.47. The fraction of sp³-hybridized carbons (Fsp3) is 0.700. The topological polar surface area (TPSA) is 0 Å². The lowest BCUT2D eigenvalue weighted by Gasteiger charge is -2.56. The van der Waals surface area contributed by atoms with Gasteiger partial charge in [-0.2, -0.15) is 0 Å². The molecule has 1 fully saturated rings. The van der Waals surface area contributed by atoms with Gasteiger partial charge in [0, 0.05) is 0 Å². The molecule has 55 valence electrons. The van der Waals surface area contributed by atoms with Gasteiger partial charge in [0.2, 0.25) is 0 Å². The second-order valence-electron chi connectivity index (χ2n) is 4.32. The summed E-state index contributed by atoms with van der Waals surface area (Å²) in [5.41, 5.74) is 1.97. The van der Waals surface area contributed by atoms with E-state index in [0.29, 0.717) is 5.41 Å². The molecule has 0 heteroatoms. The molecule has 3 rings (SSSR count). The highest BCUT2D eigenvalue weighted by atomic mass is 14.5. The van der Waals surface area contributed by atoms with Crippen LogP contribution >= 0.6 is 0 Å². The van der Waals surface area contributed by atoms with Gasteiger partial charge in [-0.15, -0.1) is 0 Å². The Bertz CT molecular complexity index is 186. The molecule has 3 aliphatic carbocycles. The second-order valence-corrected chi connectivity index (χ2v) is 4.32. The Labute approximate surface area is 63.3 Å². The predicted octanol–water partition coefficient (Wildman–Crippen LogP) is 2.81. The van der Waals surface area contributed by atoms with E-state index in [2.05, 4.69) is 26.8 Å². The molecule has 0 nitrogen and oxygen atoms in total. The Morgan fingerprint density at radius 1 is 1.60 bits per heavy atom. The van der Waals surface area contributed by atoms with Crippen molar-refractivity contribution in [3.63, 3.8) is 0 Å². The Balaban J connectivity index is 2.30. The Hall–Kier alpha value is -0.260. The molecule has 0 aromatic heterocycles. The average molecular weight is 135 g/mol. The quantitative estimate of drug-likeness (QED) is 0.479. The van der Waals surface area contributed by atoms with E-state index < -0.39 is 0 Å². The molecule has 0 aromatic rings. The van der Waals surface area contributed by atoms with Gasteiger partial charge in [0.05, 0.1) is 0 Å². The minimum absolute atomic E-state index is 0.575. The largest absolute Gasteiger partial charge is 0.0847 e. The van der Waals surface area contributed by atoms with Gasteiger partial charge < -0.3 is 0 Å². The van der Waals surface area contributed by atoms with Gasteiger partial charge in [0.25, 0.3) is 0 Å². The number of hydrogen-bond acceptors (Lipinski definition) is 0. The standard InChI is InChI=1S/C10H15/c1-7-4-5-8-6-9(7)10(8,2)3/h4,8-9H,1,5-6H2,2-3H3/t8?,9-/m1/s1. The maximum absolute atomic E-state index is 4.07. The average Bonchev–Trinajstić information content (AvgIpc) is 1.87. The summed E-state index contributed by atoms with van der Waals surface area (Å²) in [6.45, 7) is 8.83. The molecular formula is C10H15. The van der Waals surface area contributed by atoms with Crippen LogP contribution in [-0.2, 0) is 0 Å². The first kappa shape index (κ1) is 6.45. The first-order chi connectivity index (χ1) is 4.62. The molecule has 3 aliphatic rings. The summed E-state index contributed by atoms with van der Waals surface area (Å²) < 4.78 is 0. The third kappa shape index (κ3) is 0.574. The van der Waals surface area contributed by atoms with Crippen LogP contribution in [0.2, 0.25) is 0 Å². The van der Waals surface area contributed by atoms with Crippen LogP contribution in [0.4, 0.5) is 0 Å². The highest BCUT2D eigenvalue weighted by molar-refractivity contribution is 5.24. The summed E-state index contributed by atoms with van der Waals surface area (Å²) in [4.78, 5) is 0. The summed E-state index contributed by atoms with van der Waals surface area (Å²) in [6, 6.07) is 0. The highest BCUT2D eigenvalue weighted by Crippen LogP contribution is 2.58. The van der Waals surface area contributed by atoms with Crippen LogP contribution in [0.15, 0.2) is 11.6 Å². The Morgan fingerprint density at radius 2 is 2.30 bits per heavy atom. The number of fused-ring (bicyclic) bond motifs is 1. The third-order valence-corrected chi connectivity index (χ3v) is 3.58. The van der Waals surface area contributed by atoms with Crippen LogP contribution in [-0.4, -0.2) is 0 Å². The van der Waals surface area contributed by atoms with Gasteiger partial charge >= 0.3 is 0 Å². The van der Waals surface area contributed by atoms with Crippen LogP contribution in [0, 0.1) is 24.2 Å². The molecule has 10 heavy (non-hydrogen) atoms. The van der Waals surface area contributed by atoms with Crippen LogP contribution in [0.1, 0.15) is 26.7 Å². The number of rotatable bonds is 0. The molecule has 0 aromatic carbocycles. The van der Waals surface area contributed by atoms with Crippen molar-refractivity contribution in [2.45, 2.75) is 26.7 Å². The molecule has 1 radical (unpaired) electrons. The van der Waals surface area contributed by atoms with Crippen molar-refractivity contribution in [3.05, 3.63) is 18.6 Å². The fourth-order valence-electron chi connectivity index (χ4n) is 2.48. The molecule has 1 unspecified atom stereocenters. The second kappa shape index (κ2) is 1.66. The molecule has 0 heterocycles. The van der Waals surface area contributed by atoms with E-state index in [0.717, 1.165) is 11.8 Å². The SMILES string of the molecule is [CH2]C1=CCC2C[C@H]1C2(C)C. The van der Waals surface area contributed by atoms with Crippen molar-refractivity contribution in [1.82, 2.24) is 0 Å². The van der Waals surface area contributed by atoms with Crippen molar-refractivity contribution < 1.29 is 0 Å². The van der Waals surface area contributed by atoms with Gasteiger partial charge in [-0.3, -0.25) is 0 Å². The first-order valence-electron chi connectivity index (χ1n) is 4.14. The van der Waals surface area contributed by atoms with Gasteiger partial charge in [0.1, 0.15) is 0 Å². The van der Waals surface area contributed by atoms with E-state index >= 15 is 0 Å². The maximum atomic E-state index is 4.07. The molecule has 1 saturated carbocycles. The molecule has 0 saturated heterocycles. The van der Waals surface area contributed by atoms with E-state index in [1.54, 1.807) is 0 Å². The molecule has 0 aliphatic heterocycles. The normalized spacial score (nSPS) is 42.1. The molecule has 2 atom stereocenters. The minimum Gasteiger partial charge on any atom is -0.0847 e. The number of allylic oxidation sites excluding steroid dienone is 2. The predicted molar refractivity (Wildman–Crippen MR) is 43.4 cm³/mol. The maximum Gasteiger partial charge on any atom is -0.0146 e. The van der Waals surface area contributed by atoms with Crippen LogP contribution in [0.3, 0.4) is 0 Å². The van der Waals surface area contributed by atoms with Crippen molar-refractivity contribution in [2.24, 2.45) is 17.3 Å². The van der Waals surface area contributed by atoms with Crippen molar-refractivity contribution >= 4 is 0 Å². The zero-order valence-corrected chi connectivity index (χ0v) is 6.85. The zero-order chi connectivity index (χ0) is 7.35. The summed E-state index contributed by atoms with van der Waals surface area (Å²) >= 11 is 0. The summed E-state index contributed by atoms with van der Waals surface area (Å²) in [5.74, 6) is 1.77. The summed E-state index contributed by atoms with van der Waals surface area (Å²) in [5, 5.41) is 0. The van der Waals surface area contributed by atoms with E-state index in [1.807, 2.05) is 0 Å². The van der Waals surface area contributed by atoms with E-state index in [-0.39, 0.29) is 0 Å². The van der Waals surface area contributed by atoms with Crippen molar-refractivity contribution in [2.75, 3.05) is 0 Å². The summed E-state index contributed by atoms with van der Waals surface area (Å²) in [6.07, 6.45) is 5.01. The Kier molecular flexibility index (Phi) is 1.07. The number of hydrogen-bond donors (Lipinski definition) is 0. The monoisotopic (exact) mass is 135 g/mol. The summed E-state index contributed by atoms with van der Waals surface area (Å²) in [7, 11) is 0.